The second-order valence-corrected chi connectivity index (χ2v) is 6.74. The molecule has 112 valence electrons. The molecule has 1 aliphatic rings. The van der Waals surface area contributed by atoms with Crippen molar-refractivity contribution >= 4 is 11.3 Å². The van der Waals surface area contributed by atoms with Crippen LogP contribution in [0.4, 0.5) is 0 Å². The molecule has 0 aliphatic heterocycles. The first-order chi connectivity index (χ1) is 10.3. The summed E-state index contributed by atoms with van der Waals surface area (Å²) < 4.78 is 0. The zero-order valence-corrected chi connectivity index (χ0v) is 13.6. The highest BCUT2D eigenvalue weighted by Crippen LogP contribution is 2.33. The van der Waals surface area contributed by atoms with Crippen molar-refractivity contribution in [3.63, 3.8) is 0 Å². The monoisotopic (exact) mass is 301 g/mol. The third-order valence-corrected chi connectivity index (χ3v) is 5.24. The Kier molecular flexibility index (Phi) is 4.66. The molecule has 0 fully saturated rings. The Bertz CT molecular complexity index is 593. The molecule has 0 amide bonds. The topological polar surface area (TPSA) is 37.8 Å². The normalized spacial score (nSPS) is 19.2. The first-order valence-electron chi connectivity index (χ1n) is 7.86. The van der Waals surface area contributed by atoms with Gasteiger partial charge in [0.15, 0.2) is 0 Å². The number of likely N-dealkylation sites (N-methyl/N-ethyl adjacent to an activating group) is 1. The van der Waals surface area contributed by atoms with E-state index in [1.54, 1.807) is 11.3 Å². The van der Waals surface area contributed by atoms with Gasteiger partial charge in [0, 0.05) is 41.3 Å². The molecule has 0 spiro atoms. The summed E-state index contributed by atoms with van der Waals surface area (Å²) in [5.74, 6) is 0.513. The molecule has 2 aromatic heterocycles. The second kappa shape index (κ2) is 6.67. The van der Waals surface area contributed by atoms with Gasteiger partial charge in [0.05, 0.1) is 5.01 Å². The molecule has 2 atom stereocenters. The molecule has 2 aromatic rings. The molecule has 1 N–H and O–H groups in total. The number of thiazole rings is 1. The average Bonchev–Trinajstić information content (AvgIpc) is 2.91. The third-order valence-electron chi connectivity index (χ3n) is 4.25. The van der Waals surface area contributed by atoms with Gasteiger partial charge in [-0.25, -0.2) is 4.98 Å². The summed E-state index contributed by atoms with van der Waals surface area (Å²) in [6, 6.07) is 4.74. The van der Waals surface area contributed by atoms with Crippen LogP contribution in [0.25, 0.3) is 0 Å². The van der Waals surface area contributed by atoms with Crippen LogP contribution in [0.5, 0.6) is 0 Å². The van der Waals surface area contributed by atoms with Crippen LogP contribution in [0.2, 0.25) is 0 Å². The fourth-order valence-corrected chi connectivity index (χ4v) is 4.17. The number of fused-ring (bicyclic) bond motifs is 1. The number of hydrogen-bond donors (Lipinski definition) is 1. The Morgan fingerprint density at radius 3 is 3.14 bits per heavy atom. The summed E-state index contributed by atoms with van der Waals surface area (Å²) in [6.45, 7) is 5.25. The molecule has 3 rings (SSSR count). The van der Waals surface area contributed by atoms with Gasteiger partial charge in [0.25, 0.3) is 0 Å². The number of pyridine rings is 1. The Hall–Kier alpha value is -1.26. The molecule has 0 saturated heterocycles. The zero-order valence-electron chi connectivity index (χ0n) is 12.8. The van der Waals surface area contributed by atoms with Crippen LogP contribution in [-0.2, 0) is 12.8 Å². The van der Waals surface area contributed by atoms with Crippen LogP contribution < -0.4 is 5.32 Å². The number of rotatable bonds is 5. The Morgan fingerprint density at radius 2 is 2.38 bits per heavy atom. The quantitative estimate of drug-likeness (QED) is 0.918. The van der Waals surface area contributed by atoms with E-state index in [1.807, 2.05) is 6.20 Å². The highest BCUT2D eigenvalue weighted by molar-refractivity contribution is 7.09. The maximum atomic E-state index is 4.69. The van der Waals surface area contributed by atoms with E-state index in [2.05, 4.69) is 41.7 Å². The number of hydrogen-bond acceptors (Lipinski definition) is 4. The van der Waals surface area contributed by atoms with E-state index in [0.29, 0.717) is 12.0 Å². The molecule has 1 aliphatic carbocycles. The van der Waals surface area contributed by atoms with Gasteiger partial charge < -0.3 is 5.32 Å². The minimum Gasteiger partial charge on any atom is -0.313 e. The van der Waals surface area contributed by atoms with Gasteiger partial charge in [0.1, 0.15) is 0 Å². The second-order valence-electron chi connectivity index (χ2n) is 5.80. The highest BCUT2D eigenvalue weighted by Gasteiger charge is 2.29. The maximum Gasteiger partial charge on any atom is 0.0943 e. The number of nitrogens with zero attached hydrogens (tertiary/aromatic N) is 2. The predicted octanol–water partition coefficient (Wildman–Crippen LogP) is 3.49. The summed E-state index contributed by atoms with van der Waals surface area (Å²) in [7, 11) is 0. The molecule has 0 bridgehead atoms. The lowest BCUT2D eigenvalue weighted by atomic mass is 9.81. The molecule has 0 saturated carbocycles. The molecule has 4 heteroatoms. The van der Waals surface area contributed by atoms with Gasteiger partial charge in [-0.3, -0.25) is 4.98 Å². The Morgan fingerprint density at radius 1 is 1.48 bits per heavy atom. The summed E-state index contributed by atoms with van der Waals surface area (Å²) >= 11 is 1.78. The van der Waals surface area contributed by atoms with E-state index in [1.165, 1.54) is 35.5 Å². The van der Waals surface area contributed by atoms with Crippen molar-refractivity contribution in [1.29, 1.82) is 0 Å². The van der Waals surface area contributed by atoms with Gasteiger partial charge in [-0.15, -0.1) is 11.3 Å². The van der Waals surface area contributed by atoms with Crippen molar-refractivity contribution < 1.29 is 0 Å². The molecule has 2 heterocycles. The number of aromatic nitrogens is 2. The SMILES string of the molecule is CCNC(Cc1nc(C)cs1)C1CCCc2cccnc21. The lowest BCUT2D eigenvalue weighted by Crippen LogP contribution is -2.38. The number of aryl methyl sites for hydroxylation is 2. The van der Waals surface area contributed by atoms with Crippen LogP contribution >= 0.6 is 11.3 Å². The lowest BCUT2D eigenvalue weighted by Gasteiger charge is -2.31. The van der Waals surface area contributed by atoms with E-state index >= 15 is 0 Å². The summed E-state index contributed by atoms with van der Waals surface area (Å²) in [5.41, 5.74) is 3.88. The summed E-state index contributed by atoms with van der Waals surface area (Å²) in [4.78, 5) is 9.34. The molecule has 21 heavy (non-hydrogen) atoms. The first-order valence-corrected chi connectivity index (χ1v) is 8.74. The maximum absolute atomic E-state index is 4.69. The van der Waals surface area contributed by atoms with Crippen molar-refractivity contribution in [2.24, 2.45) is 0 Å². The predicted molar refractivity (Wildman–Crippen MR) is 87.9 cm³/mol. The largest absolute Gasteiger partial charge is 0.313 e. The van der Waals surface area contributed by atoms with Crippen LogP contribution in [-0.4, -0.2) is 22.6 Å². The fraction of sp³-hybridized carbons (Fsp3) is 0.529. The minimum absolute atomic E-state index is 0.439. The molecular formula is C17H23N3S. The van der Waals surface area contributed by atoms with Crippen LogP contribution in [0.3, 0.4) is 0 Å². The highest BCUT2D eigenvalue weighted by atomic mass is 32.1. The van der Waals surface area contributed by atoms with Crippen molar-refractivity contribution in [1.82, 2.24) is 15.3 Å². The molecule has 0 radical (unpaired) electrons. The molecule has 3 nitrogen and oxygen atoms in total. The fourth-order valence-electron chi connectivity index (χ4n) is 3.34. The van der Waals surface area contributed by atoms with E-state index < -0.39 is 0 Å². The van der Waals surface area contributed by atoms with Crippen LogP contribution in [0, 0.1) is 6.92 Å². The Balaban J connectivity index is 1.84. The molecular weight excluding hydrogens is 278 g/mol. The van der Waals surface area contributed by atoms with Gasteiger partial charge in [-0.1, -0.05) is 13.0 Å². The van der Waals surface area contributed by atoms with Crippen molar-refractivity contribution in [3.8, 4) is 0 Å². The van der Waals surface area contributed by atoms with E-state index in [0.717, 1.165) is 18.7 Å². The molecule has 0 aromatic carbocycles. The summed E-state index contributed by atoms with van der Waals surface area (Å²) in [6.07, 6.45) is 6.61. The van der Waals surface area contributed by atoms with Crippen LogP contribution in [0.1, 0.15) is 47.6 Å². The smallest absolute Gasteiger partial charge is 0.0943 e. The van der Waals surface area contributed by atoms with E-state index in [-0.39, 0.29) is 0 Å². The van der Waals surface area contributed by atoms with Gasteiger partial charge in [-0.05, 0) is 44.4 Å². The van der Waals surface area contributed by atoms with Gasteiger partial charge in [-0.2, -0.15) is 0 Å². The van der Waals surface area contributed by atoms with E-state index in [9.17, 15) is 0 Å². The zero-order chi connectivity index (χ0) is 14.7. The van der Waals surface area contributed by atoms with E-state index in [4.69, 9.17) is 4.98 Å². The summed E-state index contributed by atoms with van der Waals surface area (Å²) in [5, 5.41) is 7.06. The first kappa shape index (κ1) is 14.7. The van der Waals surface area contributed by atoms with Crippen molar-refractivity contribution in [2.45, 2.75) is 51.5 Å². The minimum atomic E-state index is 0.439. The standard InChI is InChI=1S/C17H23N3S/c1-3-18-15(10-16-20-12(2)11-21-16)14-8-4-6-13-7-5-9-19-17(13)14/h5,7,9,11,14-15,18H,3-4,6,8,10H2,1-2H3. The Labute approximate surface area is 130 Å². The van der Waals surface area contributed by atoms with Crippen molar-refractivity contribution in [2.75, 3.05) is 6.54 Å². The van der Waals surface area contributed by atoms with Crippen molar-refractivity contribution in [3.05, 3.63) is 45.7 Å². The van der Waals surface area contributed by atoms with Crippen LogP contribution in [0.15, 0.2) is 23.7 Å². The third kappa shape index (κ3) is 3.33. The van der Waals surface area contributed by atoms with Gasteiger partial charge in [0.2, 0.25) is 0 Å². The molecule has 2 unspecified atom stereocenters. The number of nitrogens with one attached hydrogen (secondary N) is 1. The lowest BCUT2D eigenvalue weighted by molar-refractivity contribution is 0.388. The average molecular weight is 301 g/mol. The van der Waals surface area contributed by atoms with Gasteiger partial charge >= 0.3 is 0 Å².